The van der Waals surface area contributed by atoms with E-state index in [1.807, 2.05) is 12.1 Å². The quantitative estimate of drug-likeness (QED) is 0.349. The molecule has 1 heteroatoms. The molecule has 1 saturated carbocycles. The van der Waals surface area contributed by atoms with E-state index in [0.717, 1.165) is 30.1 Å². The van der Waals surface area contributed by atoms with Gasteiger partial charge in [-0.15, -0.1) is 0 Å². The van der Waals surface area contributed by atoms with Crippen molar-refractivity contribution in [2.75, 3.05) is 0 Å². The highest BCUT2D eigenvalue weighted by molar-refractivity contribution is 5.78. The lowest BCUT2D eigenvalue weighted by Gasteiger charge is -2.29. The molecule has 0 bridgehead atoms. The summed E-state index contributed by atoms with van der Waals surface area (Å²) in [7, 11) is 0. The Morgan fingerprint density at radius 1 is 0.926 bits per heavy atom. The van der Waals surface area contributed by atoms with Crippen molar-refractivity contribution in [3.63, 3.8) is 0 Å². The van der Waals surface area contributed by atoms with E-state index >= 15 is 0 Å². The van der Waals surface area contributed by atoms with Crippen molar-refractivity contribution in [1.82, 2.24) is 0 Å². The van der Waals surface area contributed by atoms with Gasteiger partial charge in [-0.3, -0.25) is 4.79 Å². The van der Waals surface area contributed by atoms with Crippen LogP contribution < -0.4 is 0 Å². The van der Waals surface area contributed by atoms with Crippen LogP contribution >= 0.6 is 0 Å². The average molecular weight is 363 g/mol. The first-order chi connectivity index (χ1) is 13.2. The third kappa shape index (κ3) is 5.09. The van der Waals surface area contributed by atoms with Gasteiger partial charge in [0, 0.05) is 5.56 Å². The van der Waals surface area contributed by atoms with Gasteiger partial charge >= 0.3 is 0 Å². The minimum Gasteiger partial charge on any atom is -0.298 e. The van der Waals surface area contributed by atoms with Crippen molar-refractivity contribution in [3.8, 4) is 11.1 Å². The summed E-state index contributed by atoms with van der Waals surface area (Å²) >= 11 is 0. The van der Waals surface area contributed by atoms with Gasteiger partial charge in [0.05, 0.1) is 0 Å². The maximum atomic E-state index is 11.0. The van der Waals surface area contributed by atoms with Gasteiger partial charge in [-0.2, -0.15) is 0 Å². The average Bonchev–Trinajstić information content (AvgIpc) is 2.74. The Hall–Kier alpha value is -1.89. The smallest absolute Gasteiger partial charge is 0.150 e. The minimum absolute atomic E-state index is 0.740. The first-order valence-corrected chi connectivity index (χ1v) is 10.9. The molecular formula is C26H34O. The molecule has 0 atom stereocenters. The van der Waals surface area contributed by atoms with E-state index in [0.29, 0.717) is 0 Å². The number of aryl methyl sites for hydroxylation is 1. The number of unbranched alkanes of at least 4 members (excludes halogenated alkanes) is 2. The van der Waals surface area contributed by atoms with Crippen molar-refractivity contribution in [2.45, 2.75) is 77.6 Å². The molecule has 0 aromatic heterocycles. The van der Waals surface area contributed by atoms with Crippen LogP contribution in [0.3, 0.4) is 0 Å². The van der Waals surface area contributed by atoms with Gasteiger partial charge < -0.3 is 0 Å². The molecule has 1 aliphatic carbocycles. The molecule has 1 nitrogen and oxygen atoms in total. The zero-order chi connectivity index (χ0) is 19.1. The van der Waals surface area contributed by atoms with E-state index in [1.54, 1.807) is 0 Å². The molecule has 0 N–H and O–H groups in total. The van der Waals surface area contributed by atoms with E-state index in [4.69, 9.17) is 0 Å². The molecular weight excluding hydrogens is 328 g/mol. The number of benzene rings is 2. The van der Waals surface area contributed by atoms with Crippen molar-refractivity contribution in [3.05, 3.63) is 59.2 Å². The predicted octanol–water partition coefficient (Wildman–Crippen LogP) is 7.58. The highest BCUT2D eigenvalue weighted by atomic mass is 16.1. The molecule has 2 aromatic carbocycles. The lowest BCUT2D eigenvalue weighted by atomic mass is 9.77. The van der Waals surface area contributed by atoms with E-state index < -0.39 is 0 Å². The van der Waals surface area contributed by atoms with Crippen LogP contribution in [0.4, 0.5) is 0 Å². The fourth-order valence-corrected chi connectivity index (χ4v) is 4.66. The second kappa shape index (κ2) is 9.88. The molecule has 0 radical (unpaired) electrons. The fourth-order valence-electron chi connectivity index (χ4n) is 4.66. The van der Waals surface area contributed by atoms with Crippen molar-refractivity contribution >= 4 is 6.29 Å². The number of hydrogen-bond donors (Lipinski definition) is 0. The molecule has 1 aliphatic rings. The number of carbonyl (C=O) groups is 1. The molecule has 0 amide bonds. The largest absolute Gasteiger partial charge is 0.298 e. The Morgan fingerprint density at radius 2 is 1.67 bits per heavy atom. The van der Waals surface area contributed by atoms with Gasteiger partial charge in [0.15, 0.2) is 0 Å². The van der Waals surface area contributed by atoms with Gasteiger partial charge in [0.25, 0.3) is 0 Å². The Labute approximate surface area is 165 Å². The maximum Gasteiger partial charge on any atom is 0.150 e. The summed E-state index contributed by atoms with van der Waals surface area (Å²) in [6, 6.07) is 15.3. The van der Waals surface area contributed by atoms with E-state index in [2.05, 4.69) is 44.2 Å². The molecule has 0 saturated heterocycles. The van der Waals surface area contributed by atoms with Crippen LogP contribution in [0.1, 0.15) is 92.6 Å². The lowest BCUT2D eigenvalue weighted by Crippen LogP contribution is -2.13. The van der Waals surface area contributed by atoms with Gasteiger partial charge in [-0.1, -0.05) is 75.9 Å². The molecule has 0 aliphatic heterocycles. The predicted molar refractivity (Wildman–Crippen MR) is 115 cm³/mol. The molecule has 1 fully saturated rings. The van der Waals surface area contributed by atoms with Crippen LogP contribution in [0, 0.1) is 5.92 Å². The molecule has 3 rings (SSSR count). The van der Waals surface area contributed by atoms with Gasteiger partial charge in [-0.05, 0) is 72.3 Å². The summed E-state index contributed by atoms with van der Waals surface area (Å²) in [5.41, 5.74) is 6.05. The summed E-state index contributed by atoms with van der Waals surface area (Å²) in [5, 5.41) is 0. The first kappa shape index (κ1) is 19.9. The minimum atomic E-state index is 0.740. The summed E-state index contributed by atoms with van der Waals surface area (Å²) in [6.07, 6.45) is 13.0. The Morgan fingerprint density at radius 3 is 2.30 bits per heavy atom. The van der Waals surface area contributed by atoms with Gasteiger partial charge in [0.1, 0.15) is 6.29 Å². The van der Waals surface area contributed by atoms with Crippen molar-refractivity contribution in [2.24, 2.45) is 5.92 Å². The van der Waals surface area contributed by atoms with Crippen LogP contribution in [0.25, 0.3) is 11.1 Å². The zero-order valence-corrected chi connectivity index (χ0v) is 17.0. The van der Waals surface area contributed by atoms with Crippen LogP contribution in [-0.2, 0) is 6.42 Å². The first-order valence-electron chi connectivity index (χ1n) is 10.9. The van der Waals surface area contributed by atoms with Crippen LogP contribution in [0.5, 0.6) is 0 Å². The molecule has 2 aromatic rings. The number of rotatable bonds is 8. The van der Waals surface area contributed by atoms with Crippen LogP contribution in [0.15, 0.2) is 42.5 Å². The SMILES string of the molecule is CCCCCC1CCC(c2ccc(-c3ccc(C=O)cc3CC)cc2)CC1. The second-order valence-corrected chi connectivity index (χ2v) is 8.22. The Bertz CT molecular complexity index is 720. The third-order valence-corrected chi connectivity index (χ3v) is 6.40. The van der Waals surface area contributed by atoms with Crippen LogP contribution in [0.2, 0.25) is 0 Å². The van der Waals surface area contributed by atoms with Crippen LogP contribution in [-0.4, -0.2) is 6.29 Å². The van der Waals surface area contributed by atoms with Crippen molar-refractivity contribution in [1.29, 1.82) is 0 Å². The highest BCUT2D eigenvalue weighted by Gasteiger charge is 2.22. The normalized spacial score (nSPS) is 19.8. The molecule has 27 heavy (non-hydrogen) atoms. The van der Waals surface area contributed by atoms with Gasteiger partial charge in [-0.25, -0.2) is 0 Å². The molecule has 0 unspecified atom stereocenters. The van der Waals surface area contributed by atoms with Gasteiger partial charge in [0.2, 0.25) is 0 Å². The number of aldehydes is 1. The molecule has 144 valence electrons. The number of carbonyl (C=O) groups excluding carboxylic acids is 1. The summed E-state index contributed by atoms with van der Waals surface area (Å²) in [6.45, 7) is 4.45. The van der Waals surface area contributed by atoms with E-state index in [1.165, 1.54) is 73.6 Å². The van der Waals surface area contributed by atoms with E-state index in [-0.39, 0.29) is 0 Å². The van der Waals surface area contributed by atoms with Crippen molar-refractivity contribution < 1.29 is 4.79 Å². The fraction of sp³-hybridized carbons (Fsp3) is 0.500. The third-order valence-electron chi connectivity index (χ3n) is 6.40. The maximum absolute atomic E-state index is 11.0. The topological polar surface area (TPSA) is 17.1 Å². The Kier molecular flexibility index (Phi) is 7.26. The monoisotopic (exact) mass is 362 g/mol. The summed E-state index contributed by atoms with van der Waals surface area (Å²) < 4.78 is 0. The second-order valence-electron chi connectivity index (χ2n) is 8.22. The standard InChI is InChI=1S/C26H34O/c1-3-5-6-7-20-8-11-23(12-9-20)24-13-15-25(16-14-24)26-17-10-21(19-27)18-22(26)4-2/h10,13-20,23H,3-9,11-12H2,1-2H3. The zero-order valence-electron chi connectivity index (χ0n) is 17.0. The number of hydrogen-bond acceptors (Lipinski definition) is 1. The Balaban J connectivity index is 1.64. The lowest BCUT2D eigenvalue weighted by molar-refractivity contribution is 0.112. The van der Waals surface area contributed by atoms with E-state index in [9.17, 15) is 4.79 Å². The summed E-state index contributed by atoms with van der Waals surface area (Å²) in [5.74, 6) is 1.71. The summed E-state index contributed by atoms with van der Waals surface area (Å²) in [4.78, 5) is 11.0. The molecule has 0 spiro atoms. The highest BCUT2D eigenvalue weighted by Crippen LogP contribution is 2.38. The molecule has 0 heterocycles.